The molecule has 0 aliphatic carbocycles. The van der Waals surface area contributed by atoms with Crippen molar-refractivity contribution >= 4 is 11.6 Å². The van der Waals surface area contributed by atoms with Crippen LogP contribution in [-0.2, 0) is 6.42 Å². The van der Waals surface area contributed by atoms with Gasteiger partial charge in [-0.05, 0) is 38.2 Å². The summed E-state index contributed by atoms with van der Waals surface area (Å²) in [4.78, 5) is 29.6. The number of likely N-dealkylation sites (N-methyl/N-ethyl adjacent to an activating group) is 1. The van der Waals surface area contributed by atoms with E-state index in [1.165, 1.54) is 18.0 Å². The lowest BCUT2D eigenvalue weighted by atomic mass is 10.0. The second-order valence-electron chi connectivity index (χ2n) is 6.95. The zero-order chi connectivity index (χ0) is 20.8. The molecule has 8 nitrogen and oxygen atoms in total. The summed E-state index contributed by atoms with van der Waals surface area (Å²) in [5.41, 5.74) is 1.64. The summed E-state index contributed by atoms with van der Waals surface area (Å²) in [5, 5.41) is 14.4. The highest BCUT2D eigenvalue weighted by molar-refractivity contribution is 5.95. The molecule has 1 amide bonds. The monoisotopic (exact) mass is 393 g/mol. The van der Waals surface area contributed by atoms with Crippen molar-refractivity contribution in [1.29, 1.82) is 0 Å². The van der Waals surface area contributed by atoms with Crippen molar-refractivity contribution in [2.24, 2.45) is 0 Å². The van der Waals surface area contributed by atoms with E-state index in [-0.39, 0.29) is 23.2 Å². The van der Waals surface area contributed by atoms with E-state index in [1.807, 2.05) is 32.3 Å². The van der Waals surface area contributed by atoms with Gasteiger partial charge in [-0.25, -0.2) is 4.98 Å². The van der Waals surface area contributed by atoms with E-state index in [1.54, 1.807) is 29.1 Å². The van der Waals surface area contributed by atoms with E-state index in [0.29, 0.717) is 12.2 Å². The molecule has 8 heteroatoms. The lowest BCUT2D eigenvalue weighted by Crippen LogP contribution is -2.41. The summed E-state index contributed by atoms with van der Waals surface area (Å²) < 4.78 is 1.54. The van der Waals surface area contributed by atoms with Crippen LogP contribution in [0.2, 0.25) is 0 Å². The standard InChI is InChI=1S/C21H23N5O3/c1-24(2)18(12-16-6-4-3-5-7-16)14-23-21(27)17-8-9-19(20(13-17)26(28)29)25-11-10-22-15-25/h3-11,13,15,18H,12,14H2,1-2H3,(H,23,27). The van der Waals surface area contributed by atoms with Gasteiger partial charge in [-0.1, -0.05) is 30.3 Å². The molecule has 150 valence electrons. The van der Waals surface area contributed by atoms with Crippen LogP contribution in [0.25, 0.3) is 5.69 Å². The van der Waals surface area contributed by atoms with E-state index in [0.717, 1.165) is 6.42 Å². The van der Waals surface area contributed by atoms with Gasteiger partial charge in [0.15, 0.2) is 0 Å². The third-order valence-electron chi connectivity index (χ3n) is 4.76. The molecule has 0 bridgehead atoms. The second-order valence-corrected chi connectivity index (χ2v) is 6.95. The number of imidazole rings is 1. The number of rotatable bonds is 8. The zero-order valence-corrected chi connectivity index (χ0v) is 16.4. The molecule has 0 radical (unpaired) electrons. The lowest BCUT2D eigenvalue weighted by Gasteiger charge is -2.24. The maximum Gasteiger partial charge on any atom is 0.294 e. The van der Waals surface area contributed by atoms with Crippen molar-refractivity contribution in [2.75, 3.05) is 20.6 Å². The van der Waals surface area contributed by atoms with E-state index in [9.17, 15) is 14.9 Å². The number of hydrogen-bond acceptors (Lipinski definition) is 5. The molecular weight excluding hydrogens is 370 g/mol. The van der Waals surface area contributed by atoms with Crippen LogP contribution in [0.15, 0.2) is 67.3 Å². The van der Waals surface area contributed by atoms with Crippen molar-refractivity contribution in [3.05, 3.63) is 88.5 Å². The van der Waals surface area contributed by atoms with E-state index < -0.39 is 4.92 Å². The maximum absolute atomic E-state index is 12.6. The van der Waals surface area contributed by atoms with Crippen LogP contribution in [0.3, 0.4) is 0 Å². The first-order chi connectivity index (χ1) is 14.0. The molecule has 0 aliphatic heterocycles. The topological polar surface area (TPSA) is 93.3 Å². The highest BCUT2D eigenvalue weighted by Crippen LogP contribution is 2.24. The molecule has 0 saturated heterocycles. The SMILES string of the molecule is CN(C)C(CNC(=O)c1ccc(-n2ccnc2)c([N+](=O)[O-])c1)Cc1ccccc1. The molecule has 1 heterocycles. The van der Waals surface area contributed by atoms with Gasteiger partial charge in [-0.2, -0.15) is 0 Å². The Labute approximate surface area is 168 Å². The number of nitrogens with zero attached hydrogens (tertiary/aromatic N) is 4. The van der Waals surface area contributed by atoms with Gasteiger partial charge in [-0.3, -0.25) is 14.9 Å². The number of carbonyl (C=O) groups is 1. The predicted octanol–water partition coefficient (Wildman–Crippen LogP) is 2.68. The molecule has 3 aromatic rings. The van der Waals surface area contributed by atoms with Gasteiger partial charge in [0.25, 0.3) is 11.6 Å². The maximum atomic E-state index is 12.6. The van der Waals surface area contributed by atoms with Crippen LogP contribution in [-0.4, -0.2) is 52.0 Å². The normalized spacial score (nSPS) is 12.0. The Balaban J connectivity index is 1.72. The first-order valence-electron chi connectivity index (χ1n) is 9.21. The molecule has 0 fully saturated rings. The predicted molar refractivity (Wildman–Crippen MR) is 110 cm³/mol. The summed E-state index contributed by atoms with van der Waals surface area (Å²) >= 11 is 0. The Morgan fingerprint density at radius 1 is 1.24 bits per heavy atom. The van der Waals surface area contributed by atoms with Crippen LogP contribution in [0.5, 0.6) is 0 Å². The fourth-order valence-corrected chi connectivity index (χ4v) is 3.07. The summed E-state index contributed by atoms with van der Waals surface area (Å²) in [7, 11) is 3.93. The quantitative estimate of drug-likeness (QED) is 0.469. The summed E-state index contributed by atoms with van der Waals surface area (Å²) in [6, 6.07) is 14.6. The zero-order valence-electron chi connectivity index (χ0n) is 16.4. The van der Waals surface area contributed by atoms with Crippen LogP contribution < -0.4 is 5.32 Å². The Hall–Kier alpha value is -3.52. The molecule has 1 atom stereocenters. The van der Waals surface area contributed by atoms with Crippen molar-refractivity contribution in [2.45, 2.75) is 12.5 Å². The Kier molecular flexibility index (Phi) is 6.36. The minimum Gasteiger partial charge on any atom is -0.350 e. The average Bonchev–Trinajstić information content (AvgIpc) is 3.25. The van der Waals surface area contributed by atoms with E-state index in [2.05, 4.69) is 27.3 Å². The number of nitro groups is 1. The first-order valence-corrected chi connectivity index (χ1v) is 9.21. The molecule has 3 rings (SSSR count). The molecule has 0 spiro atoms. The summed E-state index contributed by atoms with van der Waals surface area (Å²) in [6.07, 6.45) is 5.42. The van der Waals surface area contributed by atoms with E-state index in [4.69, 9.17) is 0 Å². The molecule has 2 aromatic carbocycles. The summed E-state index contributed by atoms with van der Waals surface area (Å²) in [6.45, 7) is 0.428. The number of carbonyl (C=O) groups excluding carboxylic acids is 1. The number of nitro benzene ring substituents is 1. The van der Waals surface area contributed by atoms with E-state index >= 15 is 0 Å². The first kappa shape index (κ1) is 20.2. The number of nitrogens with one attached hydrogen (secondary N) is 1. The van der Waals surface area contributed by atoms with Crippen molar-refractivity contribution in [3.63, 3.8) is 0 Å². The van der Waals surface area contributed by atoms with Crippen molar-refractivity contribution in [1.82, 2.24) is 19.8 Å². The minimum absolute atomic E-state index is 0.0987. The van der Waals surface area contributed by atoms with Gasteiger partial charge in [0, 0.05) is 36.6 Å². The summed E-state index contributed by atoms with van der Waals surface area (Å²) in [5.74, 6) is -0.342. The molecule has 29 heavy (non-hydrogen) atoms. The number of aromatic nitrogens is 2. The van der Waals surface area contributed by atoms with Gasteiger partial charge in [0.2, 0.25) is 0 Å². The van der Waals surface area contributed by atoms with Gasteiger partial charge >= 0.3 is 0 Å². The van der Waals surface area contributed by atoms with Gasteiger partial charge < -0.3 is 14.8 Å². The molecular formula is C21H23N5O3. The Morgan fingerprint density at radius 3 is 2.62 bits per heavy atom. The Morgan fingerprint density at radius 2 is 2.00 bits per heavy atom. The fraction of sp³-hybridized carbons (Fsp3) is 0.238. The number of hydrogen-bond donors (Lipinski definition) is 1. The minimum atomic E-state index is -0.496. The van der Waals surface area contributed by atoms with Crippen molar-refractivity contribution < 1.29 is 9.72 Å². The van der Waals surface area contributed by atoms with Gasteiger partial charge in [0.05, 0.1) is 11.3 Å². The van der Waals surface area contributed by atoms with Gasteiger partial charge in [-0.15, -0.1) is 0 Å². The number of benzene rings is 2. The fourth-order valence-electron chi connectivity index (χ4n) is 3.07. The highest BCUT2D eigenvalue weighted by atomic mass is 16.6. The highest BCUT2D eigenvalue weighted by Gasteiger charge is 2.20. The largest absolute Gasteiger partial charge is 0.350 e. The van der Waals surface area contributed by atoms with Crippen molar-refractivity contribution in [3.8, 4) is 5.69 Å². The van der Waals surface area contributed by atoms with Crippen LogP contribution in [0.4, 0.5) is 5.69 Å². The van der Waals surface area contributed by atoms with Crippen LogP contribution in [0, 0.1) is 10.1 Å². The van der Waals surface area contributed by atoms with Crippen LogP contribution in [0.1, 0.15) is 15.9 Å². The molecule has 0 saturated carbocycles. The second kappa shape index (κ2) is 9.11. The molecule has 0 aliphatic rings. The Bertz CT molecular complexity index is 971. The molecule has 1 unspecified atom stereocenters. The number of amides is 1. The smallest absolute Gasteiger partial charge is 0.294 e. The van der Waals surface area contributed by atoms with Gasteiger partial charge in [0.1, 0.15) is 5.69 Å². The van der Waals surface area contributed by atoms with Crippen LogP contribution >= 0.6 is 0 Å². The average molecular weight is 393 g/mol. The third kappa shape index (κ3) is 5.05. The lowest BCUT2D eigenvalue weighted by molar-refractivity contribution is -0.384. The molecule has 1 aromatic heterocycles. The molecule has 1 N–H and O–H groups in total. The third-order valence-corrected chi connectivity index (χ3v) is 4.76.